The number of nitrogens with one attached hydrogen (secondary N) is 1. The van der Waals surface area contributed by atoms with E-state index in [-0.39, 0.29) is 27.0 Å². The molecule has 0 radical (unpaired) electrons. The van der Waals surface area contributed by atoms with Gasteiger partial charge in [0.15, 0.2) is 5.78 Å². The Balaban J connectivity index is 2.43. The van der Waals surface area contributed by atoms with Gasteiger partial charge in [0.25, 0.3) is 10.0 Å². The molecule has 1 N–H and O–H groups in total. The van der Waals surface area contributed by atoms with E-state index in [0.717, 1.165) is 4.31 Å². The maximum absolute atomic E-state index is 12.5. The zero-order chi connectivity index (χ0) is 20.4. The number of anilines is 1. The fourth-order valence-corrected chi connectivity index (χ4v) is 4.35. The number of carbonyl (C=O) groups is 1. The lowest BCUT2D eigenvalue weighted by Crippen LogP contribution is -2.23. The summed E-state index contributed by atoms with van der Waals surface area (Å²) in [7, 11) is -3.76. The van der Waals surface area contributed by atoms with E-state index in [1.165, 1.54) is 70.6 Å². The van der Waals surface area contributed by atoms with Crippen molar-refractivity contribution in [2.45, 2.75) is 16.7 Å². The second-order valence-electron chi connectivity index (χ2n) is 5.84. The molecule has 146 valence electrons. The average molecular weight is 412 g/mol. The predicted octanol–water partition coefficient (Wildman–Crippen LogP) is 1.95. The van der Waals surface area contributed by atoms with Crippen LogP contribution in [0, 0.1) is 0 Å². The van der Waals surface area contributed by atoms with Gasteiger partial charge in [0.2, 0.25) is 10.0 Å². The number of hydrogen-bond donors (Lipinski definition) is 1. The molecule has 2 aromatic rings. The Labute approximate surface area is 158 Å². The van der Waals surface area contributed by atoms with Crippen LogP contribution in [0.3, 0.4) is 0 Å². The van der Waals surface area contributed by atoms with Gasteiger partial charge >= 0.3 is 0 Å². The molecule has 0 aliphatic rings. The van der Waals surface area contributed by atoms with E-state index >= 15 is 0 Å². The lowest BCUT2D eigenvalue weighted by Gasteiger charge is -2.16. The first kappa shape index (κ1) is 20.9. The Bertz CT molecular complexity index is 1060. The number of nitrogens with zero attached hydrogens (tertiary/aromatic N) is 1. The molecule has 0 unspecified atom stereocenters. The lowest BCUT2D eigenvalue weighted by atomic mass is 10.2. The third-order valence-corrected chi connectivity index (χ3v) is 6.98. The molecule has 8 nitrogen and oxygen atoms in total. The molecule has 0 heterocycles. The van der Waals surface area contributed by atoms with Crippen molar-refractivity contribution in [1.29, 1.82) is 0 Å². The Morgan fingerprint density at radius 2 is 1.59 bits per heavy atom. The second kappa shape index (κ2) is 7.67. The maximum atomic E-state index is 12.5. The summed E-state index contributed by atoms with van der Waals surface area (Å²) in [6.07, 6.45) is 0. The van der Waals surface area contributed by atoms with Crippen molar-refractivity contribution in [1.82, 2.24) is 4.31 Å². The van der Waals surface area contributed by atoms with Crippen LogP contribution in [0.15, 0.2) is 52.3 Å². The predicted molar refractivity (Wildman–Crippen MR) is 101 cm³/mol. The summed E-state index contributed by atoms with van der Waals surface area (Å²) in [6.45, 7) is 1.38. The number of Topliss-reactive ketones (excluding diaryl/α,β-unsaturated/α-hetero) is 1. The second-order valence-corrected chi connectivity index (χ2v) is 9.64. The van der Waals surface area contributed by atoms with Crippen molar-refractivity contribution in [3.8, 4) is 5.75 Å². The van der Waals surface area contributed by atoms with Crippen molar-refractivity contribution in [2.75, 3.05) is 25.9 Å². The maximum Gasteiger partial charge on any atom is 0.261 e. The van der Waals surface area contributed by atoms with Crippen LogP contribution in [0.1, 0.15) is 17.3 Å². The molecular weight excluding hydrogens is 392 g/mol. The molecule has 0 atom stereocenters. The minimum atomic E-state index is -3.97. The lowest BCUT2D eigenvalue weighted by molar-refractivity contribution is 0.101. The van der Waals surface area contributed by atoms with Crippen LogP contribution >= 0.6 is 0 Å². The molecule has 2 rings (SSSR count). The molecule has 0 aliphatic carbocycles. The van der Waals surface area contributed by atoms with Crippen molar-refractivity contribution in [3.63, 3.8) is 0 Å². The Kier molecular flexibility index (Phi) is 5.93. The normalized spacial score (nSPS) is 12.0. The molecule has 0 amide bonds. The van der Waals surface area contributed by atoms with Gasteiger partial charge in [0.1, 0.15) is 10.6 Å². The summed E-state index contributed by atoms with van der Waals surface area (Å²) in [5.74, 6) is -0.0851. The number of methoxy groups -OCH3 is 1. The van der Waals surface area contributed by atoms with E-state index in [9.17, 15) is 21.6 Å². The van der Waals surface area contributed by atoms with E-state index in [0.29, 0.717) is 5.56 Å². The minimum Gasteiger partial charge on any atom is -0.495 e. The highest BCUT2D eigenvalue weighted by Gasteiger charge is 2.24. The quantitative estimate of drug-likeness (QED) is 0.696. The molecule has 0 bridgehead atoms. The first-order valence-electron chi connectivity index (χ1n) is 7.73. The van der Waals surface area contributed by atoms with Gasteiger partial charge in [-0.2, -0.15) is 0 Å². The number of sulfonamides is 2. The Morgan fingerprint density at radius 3 is 2.07 bits per heavy atom. The number of benzene rings is 2. The number of ketones is 1. The first-order valence-corrected chi connectivity index (χ1v) is 10.7. The summed E-state index contributed by atoms with van der Waals surface area (Å²) < 4.78 is 58.4. The van der Waals surface area contributed by atoms with E-state index in [1.54, 1.807) is 0 Å². The number of rotatable bonds is 7. The largest absolute Gasteiger partial charge is 0.495 e. The highest BCUT2D eigenvalue weighted by atomic mass is 32.2. The molecule has 0 saturated heterocycles. The van der Waals surface area contributed by atoms with E-state index in [4.69, 9.17) is 4.74 Å². The van der Waals surface area contributed by atoms with Crippen molar-refractivity contribution >= 4 is 31.5 Å². The minimum absolute atomic E-state index is 0.0552. The van der Waals surface area contributed by atoms with Gasteiger partial charge in [-0.05, 0) is 37.3 Å². The fraction of sp³-hybridized carbons (Fsp3) is 0.235. The monoisotopic (exact) mass is 412 g/mol. The van der Waals surface area contributed by atoms with Crippen molar-refractivity contribution in [2.24, 2.45) is 0 Å². The summed E-state index contributed by atoms with van der Waals surface area (Å²) >= 11 is 0. The number of carbonyl (C=O) groups excluding carboxylic acids is 1. The molecule has 0 spiro atoms. The van der Waals surface area contributed by atoms with Gasteiger partial charge in [-0.1, -0.05) is 12.1 Å². The van der Waals surface area contributed by atoms with Crippen LogP contribution in [0.25, 0.3) is 0 Å². The molecule has 10 heteroatoms. The smallest absolute Gasteiger partial charge is 0.261 e. The third kappa shape index (κ3) is 4.46. The average Bonchev–Trinajstić information content (AvgIpc) is 2.61. The molecular formula is C17H20N2O6S2. The SMILES string of the molecule is COc1ccc(NS(=O)(=O)c2ccc(C(C)=O)cc2)cc1S(=O)(=O)N(C)C. The van der Waals surface area contributed by atoms with Crippen molar-refractivity contribution < 1.29 is 26.4 Å². The summed E-state index contributed by atoms with van der Waals surface area (Å²) in [6, 6.07) is 9.39. The summed E-state index contributed by atoms with van der Waals surface area (Å²) in [4.78, 5) is 11.1. The van der Waals surface area contributed by atoms with Gasteiger partial charge < -0.3 is 4.74 Å². The van der Waals surface area contributed by atoms with Crippen molar-refractivity contribution in [3.05, 3.63) is 48.0 Å². The molecule has 2 aromatic carbocycles. The van der Waals surface area contributed by atoms with Gasteiger partial charge in [-0.15, -0.1) is 0 Å². The van der Waals surface area contributed by atoms with Crippen LogP contribution in [-0.4, -0.2) is 48.1 Å². The summed E-state index contributed by atoms with van der Waals surface area (Å²) in [5.41, 5.74) is 0.449. The molecule has 27 heavy (non-hydrogen) atoms. The Hall–Kier alpha value is -2.43. The van der Waals surface area contributed by atoms with Gasteiger partial charge in [-0.3, -0.25) is 9.52 Å². The van der Waals surface area contributed by atoms with E-state index in [1.807, 2.05) is 0 Å². The Morgan fingerprint density at radius 1 is 1.00 bits per heavy atom. The van der Waals surface area contributed by atoms with Gasteiger partial charge in [0, 0.05) is 19.7 Å². The van der Waals surface area contributed by atoms with Crippen LogP contribution in [-0.2, 0) is 20.0 Å². The standard InChI is InChI=1S/C17H20N2O6S2/c1-12(20)13-5-8-15(9-6-13)26(21,22)18-14-7-10-16(25-4)17(11-14)27(23,24)19(2)3/h5-11,18H,1-4H3. The molecule has 0 saturated carbocycles. The summed E-state index contributed by atoms with van der Waals surface area (Å²) in [5, 5.41) is 0. The molecule has 0 aromatic heterocycles. The van der Waals surface area contributed by atoms with Crippen LogP contribution in [0.4, 0.5) is 5.69 Å². The zero-order valence-corrected chi connectivity index (χ0v) is 16.9. The first-order chi connectivity index (χ1) is 12.5. The third-order valence-electron chi connectivity index (χ3n) is 3.75. The van der Waals surface area contributed by atoms with Gasteiger partial charge in [-0.25, -0.2) is 21.1 Å². The molecule has 0 aliphatic heterocycles. The number of ether oxygens (including phenoxy) is 1. The van der Waals surface area contributed by atoms with Gasteiger partial charge in [0.05, 0.1) is 17.7 Å². The van der Waals surface area contributed by atoms with Crippen LogP contribution in [0.5, 0.6) is 5.75 Å². The van der Waals surface area contributed by atoms with Crippen LogP contribution in [0.2, 0.25) is 0 Å². The topological polar surface area (TPSA) is 110 Å². The highest BCUT2D eigenvalue weighted by molar-refractivity contribution is 7.92. The van der Waals surface area contributed by atoms with E-state index in [2.05, 4.69) is 4.72 Å². The van der Waals surface area contributed by atoms with Crippen LogP contribution < -0.4 is 9.46 Å². The fourth-order valence-electron chi connectivity index (χ4n) is 2.22. The molecule has 0 fully saturated rings. The highest BCUT2D eigenvalue weighted by Crippen LogP contribution is 2.29. The zero-order valence-electron chi connectivity index (χ0n) is 15.3. The number of hydrogen-bond acceptors (Lipinski definition) is 6. The van der Waals surface area contributed by atoms with E-state index < -0.39 is 20.0 Å².